The molecule has 1 aliphatic heterocycles. The van der Waals surface area contributed by atoms with Crippen LogP contribution in [0.1, 0.15) is 36.8 Å². The number of carbonyl (C=O) groups excluding carboxylic acids is 2. The van der Waals surface area contributed by atoms with Gasteiger partial charge in [0.1, 0.15) is 5.60 Å². The smallest absolute Gasteiger partial charge is 0.312 e. The molecule has 25 heavy (non-hydrogen) atoms. The van der Waals surface area contributed by atoms with Crippen LogP contribution in [0, 0.1) is 5.92 Å². The van der Waals surface area contributed by atoms with Crippen molar-refractivity contribution in [2.45, 2.75) is 43.1 Å². The van der Waals surface area contributed by atoms with Crippen molar-refractivity contribution < 1.29 is 28.5 Å². The van der Waals surface area contributed by atoms with Crippen molar-refractivity contribution >= 4 is 11.9 Å². The van der Waals surface area contributed by atoms with E-state index in [1.165, 1.54) is 7.11 Å². The van der Waals surface area contributed by atoms with Gasteiger partial charge in [0.15, 0.2) is 11.5 Å². The highest BCUT2D eigenvalue weighted by Crippen LogP contribution is 2.66. The Morgan fingerprint density at radius 2 is 2.00 bits per heavy atom. The first-order valence-corrected chi connectivity index (χ1v) is 8.57. The summed E-state index contributed by atoms with van der Waals surface area (Å²) in [6.07, 6.45) is 2.94. The van der Waals surface area contributed by atoms with Gasteiger partial charge in [-0.25, -0.2) is 0 Å². The molecule has 1 aromatic rings. The van der Waals surface area contributed by atoms with Gasteiger partial charge in [0.05, 0.1) is 39.1 Å². The number of fused-ring (bicyclic) bond motifs is 1. The Balaban J connectivity index is 1.97. The van der Waals surface area contributed by atoms with Gasteiger partial charge in [-0.2, -0.15) is 0 Å². The van der Waals surface area contributed by atoms with Gasteiger partial charge < -0.3 is 18.9 Å². The first-order chi connectivity index (χ1) is 12.0. The Bertz CT molecular complexity index is 757. The number of aryl methyl sites for hydroxylation is 1. The second-order valence-electron chi connectivity index (χ2n) is 7.07. The molecule has 3 aliphatic rings. The summed E-state index contributed by atoms with van der Waals surface area (Å²) < 4.78 is 22.1. The van der Waals surface area contributed by atoms with E-state index in [1.807, 2.05) is 12.1 Å². The zero-order valence-corrected chi connectivity index (χ0v) is 14.7. The second-order valence-corrected chi connectivity index (χ2v) is 7.07. The molecule has 0 aromatic heterocycles. The van der Waals surface area contributed by atoms with Gasteiger partial charge in [0.2, 0.25) is 0 Å². The molecular weight excluding hydrogens is 324 g/mol. The molecule has 6 heteroatoms. The average molecular weight is 346 g/mol. The molecule has 1 aromatic carbocycles. The summed E-state index contributed by atoms with van der Waals surface area (Å²) in [7, 11) is 4.59. The summed E-state index contributed by atoms with van der Waals surface area (Å²) in [4.78, 5) is 24.8. The SMILES string of the molecule is COC(=O)[C@@H]1CC[C@]23CC(=O)O[C@]12CCc1ccc(OC)c(OC)c13. The standard InChI is InChI=1S/C19H22O6/c1-22-13-5-4-11-6-9-19-12(17(21)24-3)7-8-18(19,10-14(20)25-19)15(11)16(13)23-2/h4-5,12H,6-10H2,1-3H3/t12-,18+,19+/m0/s1. The van der Waals surface area contributed by atoms with Gasteiger partial charge in [0.25, 0.3) is 0 Å². The maximum absolute atomic E-state index is 12.4. The lowest BCUT2D eigenvalue weighted by Crippen LogP contribution is -2.53. The van der Waals surface area contributed by atoms with E-state index < -0.39 is 16.9 Å². The second kappa shape index (κ2) is 5.38. The van der Waals surface area contributed by atoms with Crippen LogP contribution in [-0.2, 0) is 30.9 Å². The van der Waals surface area contributed by atoms with E-state index in [0.29, 0.717) is 30.8 Å². The van der Waals surface area contributed by atoms with Crippen molar-refractivity contribution in [1.29, 1.82) is 0 Å². The summed E-state index contributed by atoms with van der Waals surface area (Å²) in [6.45, 7) is 0. The van der Waals surface area contributed by atoms with E-state index in [2.05, 4.69) is 0 Å². The molecule has 1 saturated carbocycles. The van der Waals surface area contributed by atoms with Crippen LogP contribution in [0.25, 0.3) is 0 Å². The topological polar surface area (TPSA) is 71.1 Å². The lowest BCUT2D eigenvalue weighted by atomic mass is 9.59. The van der Waals surface area contributed by atoms with Crippen LogP contribution in [0.2, 0.25) is 0 Å². The lowest BCUT2D eigenvalue weighted by molar-refractivity contribution is -0.166. The lowest BCUT2D eigenvalue weighted by Gasteiger charge is -2.45. The highest BCUT2D eigenvalue weighted by molar-refractivity contribution is 5.83. The molecular formula is C19H22O6. The zero-order chi connectivity index (χ0) is 17.8. The Morgan fingerprint density at radius 3 is 2.68 bits per heavy atom. The van der Waals surface area contributed by atoms with Gasteiger partial charge in [-0.1, -0.05) is 6.07 Å². The third-order valence-corrected chi connectivity index (χ3v) is 6.34. The molecule has 1 saturated heterocycles. The Labute approximate surface area is 146 Å². The van der Waals surface area contributed by atoms with E-state index in [1.54, 1.807) is 14.2 Å². The molecule has 1 heterocycles. The summed E-state index contributed by atoms with van der Waals surface area (Å²) in [6, 6.07) is 3.93. The number of hydrogen-bond donors (Lipinski definition) is 0. The Hall–Kier alpha value is -2.24. The summed E-state index contributed by atoms with van der Waals surface area (Å²) in [5.74, 6) is 0.279. The average Bonchev–Trinajstić information content (AvgIpc) is 3.09. The number of rotatable bonds is 3. The van der Waals surface area contributed by atoms with Crippen molar-refractivity contribution in [2.75, 3.05) is 21.3 Å². The van der Waals surface area contributed by atoms with Crippen LogP contribution in [0.4, 0.5) is 0 Å². The van der Waals surface area contributed by atoms with Crippen molar-refractivity contribution in [2.24, 2.45) is 5.92 Å². The molecule has 0 radical (unpaired) electrons. The largest absolute Gasteiger partial charge is 0.493 e. The molecule has 6 nitrogen and oxygen atoms in total. The first-order valence-electron chi connectivity index (χ1n) is 8.57. The number of ether oxygens (including phenoxy) is 4. The van der Waals surface area contributed by atoms with Gasteiger partial charge in [-0.05, 0) is 37.3 Å². The summed E-state index contributed by atoms with van der Waals surface area (Å²) >= 11 is 0. The predicted molar refractivity (Wildman–Crippen MR) is 87.7 cm³/mol. The maximum atomic E-state index is 12.4. The molecule has 0 spiro atoms. The molecule has 0 N–H and O–H groups in total. The minimum atomic E-state index is -0.843. The highest BCUT2D eigenvalue weighted by atomic mass is 16.6. The van der Waals surface area contributed by atoms with Crippen LogP contribution in [0.15, 0.2) is 12.1 Å². The molecule has 0 unspecified atom stereocenters. The van der Waals surface area contributed by atoms with Crippen molar-refractivity contribution in [1.82, 2.24) is 0 Å². The van der Waals surface area contributed by atoms with E-state index in [9.17, 15) is 9.59 Å². The highest BCUT2D eigenvalue weighted by Gasteiger charge is 2.72. The molecule has 3 atom stereocenters. The normalized spacial score (nSPS) is 32.3. The molecule has 4 rings (SSSR count). The van der Waals surface area contributed by atoms with Crippen molar-refractivity contribution in [3.63, 3.8) is 0 Å². The van der Waals surface area contributed by atoms with Crippen molar-refractivity contribution in [3.8, 4) is 11.5 Å². The number of methoxy groups -OCH3 is 3. The number of hydrogen-bond acceptors (Lipinski definition) is 6. The molecule has 0 amide bonds. The van der Waals surface area contributed by atoms with Crippen LogP contribution in [0.5, 0.6) is 11.5 Å². The first kappa shape index (κ1) is 16.2. The quantitative estimate of drug-likeness (QED) is 0.781. The molecule has 134 valence electrons. The summed E-state index contributed by atoms with van der Waals surface area (Å²) in [5, 5.41) is 0. The van der Waals surface area contributed by atoms with Crippen LogP contribution < -0.4 is 9.47 Å². The fourth-order valence-electron chi connectivity index (χ4n) is 5.42. The Kier molecular flexibility index (Phi) is 3.49. The van der Waals surface area contributed by atoms with E-state index in [0.717, 1.165) is 17.5 Å². The third-order valence-electron chi connectivity index (χ3n) is 6.34. The minimum absolute atomic E-state index is 0.258. The third kappa shape index (κ3) is 1.85. The summed E-state index contributed by atoms with van der Waals surface area (Å²) in [5.41, 5.74) is 0.704. The monoisotopic (exact) mass is 346 g/mol. The minimum Gasteiger partial charge on any atom is -0.493 e. The van der Waals surface area contributed by atoms with E-state index >= 15 is 0 Å². The Morgan fingerprint density at radius 1 is 1.20 bits per heavy atom. The van der Waals surface area contributed by atoms with E-state index in [-0.39, 0.29) is 18.4 Å². The number of esters is 2. The van der Waals surface area contributed by atoms with E-state index in [4.69, 9.17) is 18.9 Å². The molecule has 0 bridgehead atoms. The number of benzene rings is 1. The van der Waals surface area contributed by atoms with Crippen LogP contribution in [0.3, 0.4) is 0 Å². The van der Waals surface area contributed by atoms with Gasteiger partial charge in [-0.3, -0.25) is 9.59 Å². The maximum Gasteiger partial charge on any atom is 0.312 e. The predicted octanol–water partition coefficient (Wildman–Crippen LogP) is 2.16. The number of carbonyl (C=O) groups is 2. The fraction of sp³-hybridized carbons (Fsp3) is 0.579. The van der Waals surface area contributed by atoms with Crippen molar-refractivity contribution in [3.05, 3.63) is 23.3 Å². The molecule has 2 aliphatic carbocycles. The zero-order valence-electron chi connectivity index (χ0n) is 14.7. The van der Waals surface area contributed by atoms with Gasteiger partial charge in [-0.15, -0.1) is 0 Å². The van der Waals surface area contributed by atoms with Crippen LogP contribution >= 0.6 is 0 Å². The molecule has 2 fully saturated rings. The fourth-order valence-corrected chi connectivity index (χ4v) is 5.42. The van der Waals surface area contributed by atoms with Gasteiger partial charge >= 0.3 is 11.9 Å². The van der Waals surface area contributed by atoms with Gasteiger partial charge in [0, 0.05) is 5.56 Å². The van der Waals surface area contributed by atoms with Crippen LogP contribution in [-0.4, -0.2) is 38.9 Å².